The molecule has 4 aromatic carbocycles. The van der Waals surface area contributed by atoms with Crippen LogP contribution in [0.1, 0.15) is 59.1 Å². The van der Waals surface area contributed by atoms with Crippen molar-refractivity contribution in [2.45, 2.75) is 60.8 Å². The number of phenols is 1. The summed E-state index contributed by atoms with van der Waals surface area (Å²) in [6, 6.07) is 26.5. The molecule has 0 heterocycles. The second-order valence-electron chi connectivity index (χ2n) is 8.38. The molecule has 0 spiro atoms. The molecule has 0 saturated heterocycles. The van der Waals surface area contributed by atoms with Crippen LogP contribution in [0.25, 0.3) is 22.3 Å². The van der Waals surface area contributed by atoms with Gasteiger partial charge < -0.3 is 19.7 Å². The van der Waals surface area contributed by atoms with Crippen molar-refractivity contribution in [3.63, 3.8) is 0 Å². The van der Waals surface area contributed by atoms with Crippen molar-refractivity contribution < 1.29 is 49.2 Å². The molecular weight excluding hydrogens is 507 g/mol. The Morgan fingerprint density at radius 2 is 1.25 bits per heavy atom. The second kappa shape index (κ2) is 19.2. The molecule has 0 fully saturated rings. The smallest absolute Gasteiger partial charge is 0.872 e. The number of para-hydroxylation sites is 1. The first kappa shape index (κ1) is 35.1. The quantitative estimate of drug-likeness (QED) is 0.199. The van der Waals surface area contributed by atoms with Gasteiger partial charge in [0.1, 0.15) is 17.2 Å². The van der Waals surface area contributed by atoms with Crippen molar-refractivity contribution in [2.24, 2.45) is 0 Å². The van der Waals surface area contributed by atoms with E-state index in [1.165, 1.54) is 0 Å². The molecule has 0 saturated carbocycles. The number of hydrogen-bond donors (Lipinski definition) is 1. The van der Waals surface area contributed by atoms with E-state index < -0.39 is 0 Å². The average molecular weight is 551 g/mol. The largest absolute Gasteiger partial charge is 1.00 e. The molecule has 0 aliphatic rings. The van der Waals surface area contributed by atoms with Gasteiger partial charge in [-0.25, -0.2) is 0 Å². The first-order valence-corrected chi connectivity index (χ1v) is 14.2. The molecule has 1 N–H and O–H groups in total. The van der Waals surface area contributed by atoms with Gasteiger partial charge >= 0.3 is 29.6 Å². The summed E-state index contributed by atoms with van der Waals surface area (Å²) in [6.07, 6.45) is 2.25. The summed E-state index contributed by atoms with van der Waals surface area (Å²) in [6.45, 7) is 13.1. The summed E-state index contributed by atoms with van der Waals surface area (Å²) in [5, 5.41) is 23.0. The molecule has 0 atom stereocenters. The number of aromatic hydroxyl groups is 1. The van der Waals surface area contributed by atoms with Crippen molar-refractivity contribution in [3.05, 3.63) is 96.1 Å². The zero-order chi connectivity index (χ0) is 28.6. The molecule has 0 unspecified atom stereocenters. The van der Waals surface area contributed by atoms with Crippen LogP contribution in [0.4, 0.5) is 0 Å². The van der Waals surface area contributed by atoms with Gasteiger partial charge in [-0.1, -0.05) is 108 Å². The van der Waals surface area contributed by atoms with Crippen molar-refractivity contribution in [1.82, 2.24) is 0 Å². The first-order valence-electron chi connectivity index (χ1n) is 14.2. The Hall–Kier alpha value is -2.92. The number of phenolic OH excluding ortho intramolecular Hbond substituents is 1. The van der Waals surface area contributed by atoms with E-state index in [1.54, 1.807) is 12.1 Å². The summed E-state index contributed by atoms with van der Waals surface area (Å²) in [4.78, 5) is 0. The molecule has 4 aromatic rings. The summed E-state index contributed by atoms with van der Waals surface area (Å²) in [7, 11) is 0. The minimum atomic E-state index is -0.0341. The van der Waals surface area contributed by atoms with Gasteiger partial charge in [0.25, 0.3) is 0 Å². The molecule has 0 aromatic heterocycles. The SMILES string of the molecule is CC.CC.CCc1cc(-c2ccccc2)c([O-])cc1OCCCOc1cccc(-c2ccccc2O)c1CC.[Na+]. The minimum absolute atomic E-state index is 0. The fourth-order valence-corrected chi connectivity index (χ4v) is 4.30. The standard InChI is InChI=1S/C31H32O4.2C2H6.Na/c1-3-22-20-27(23-12-6-5-7-13-23)29(33)21-31(22)35-19-11-18-34-30-17-10-15-25(24(30)4-2)26-14-8-9-16-28(26)32;2*1-2;/h5-10,12-17,20-21,32-33H,3-4,11,18-19H2,1-2H3;2*1-2H3;/q;;;+1/p-1. The van der Waals surface area contributed by atoms with Crippen LogP contribution in [0, 0.1) is 0 Å². The predicted molar refractivity (Wildman–Crippen MR) is 162 cm³/mol. The zero-order valence-electron chi connectivity index (χ0n) is 25.3. The summed E-state index contributed by atoms with van der Waals surface area (Å²) >= 11 is 0. The van der Waals surface area contributed by atoms with Gasteiger partial charge in [-0.05, 0) is 59.4 Å². The molecule has 0 aliphatic heterocycles. The molecule has 0 aliphatic carbocycles. The molecule has 4 nitrogen and oxygen atoms in total. The van der Waals surface area contributed by atoms with Crippen molar-refractivity contribution in [1.29, 1.82) is 0 Å². The Bertz CT molecular complexity index is 1270. The maximum Gasteiger partial charge on any atom is 1.00 e. The van der Waals surface area contributed by atoms with Crippen LogP contribution in [-0.4, -0.2) is 18.3 Å². The van der Waals surface area contributed by atoms with E-state index in [-0.39, 0.29) is 41.1 Å². The van der Waals surface area contributed by atoms with Crippen LogP contribution >= 0.6 is 0 Å². The molecule has 208 valence electrons. The van der Waals surface area contributed by atoms with E-state index >= 15 is 0 Å². The molecule has 5 heteroatoms. The van der Waals surface area contributed by atoms with Crippen LogP contribution in [0.15, 0.2) is 84.9 Å². The maximum atomic E-state index is 12.7. The van der Waals surface area contributed by atoms with Gasteiger partial charge in [0, 0.05) is 17.5 Å². The number of aryl methyl sites for hydroxylation is 1. The fraction of sp³-hybridized carbons (Fsp3) is 0.314. The molecule has 4 rings (SSSR count). The molecule has 0 radical (unpaired) electrons. The third-order valence-electron chi connectivity index (χ3n) is 6.11. The average Bonchev–Trinajstić information content (AvgIpc) is 2.99. The molecule has 0 amide bonds. The molecule has 0 bridgehead atoms. The number of benzene rings is 4. The Morgan fingerprint density at radius 3 is 1.88 bits per heavy atom. The topological polar surface area (TPSA) is 61.8 Å². The fourth-order valence-electron chi connectivity index (χ4n) is 4.30. The Morgan fingerprint density at radius 1 is 0.650 bits per heavy atom. The van der Waals surface area contributed by atoms with Gasteiger partial charge in [-0.3, -0.25) is 0 Å². The van der Waals surface area contributed by atoms with Gasteiger partial charge in [0.05, 0.1) is 13.2 Å². The number of ether oxygens (including phenoxy) is 2. The van der Waals surface area contributed by atoms with Crippen LogP contribution < -0.4 is 44.1 Å². The van der Waals surface area contributed by atoms with E-state index in [4.69, 9.17) is 9.47 Å². The summed E-state index contributed by atoms with van der Waals surface area (Å²) in [5.74, 6) is 1.69. The minimum Gasteiger partial charge on any atom is -0.872 e. The van der Waals surface area contributed by atoms with Crippen molar-refractivity contribution >= 4 is 0 Å². The van der Waals surface area contributed by atoms with E-state index in [0.29, 0.717) is 30.9 Å². The third-order valence-corrected chi connectivity index (χ3v) is 6.11. The van der Waals surface area contributed by atoms with Crippen LogP contribution in [-0.2, 0) is 12.8 Å². The van der Waals surface area contributed by atoms with Crippen molar-refractivity contribution in [2.75, 3.05) is 13.2 Å². The van der Waals surface area contributed by atoms with Crippen molar-refractivity contribution in [3.8, 4) is 45.3 Å². The Balaban J connectivity index is 0.00000153. The second-order valence-corrected chi connectivity index (χ2v) is 8.38. The molecular formula is C35H43NaO4. The molecule has 40 heavy (non-hydrogen) atoms. The summed E-state index contributed by atoms with van der Waals surface area (Å²) < 4.78 is 12.1. The van der Waals surface area contributed by atoms with Crippen LogP contribution in [0.2, 0.25) is 0 Å². The van der Waals surface area contributed by atoms with Gasteiger partial charge in [-0.2, -0.15) is 0 Å². The predicted octanol–water partition coefficient (Wildman–Crippen LogP) is 5.83. The van der Waals surface area contributed by atoms with E-state index in [1.807, 2.05) is 100 Å². The van der Waals surface area contributed by atoms with E-state index in [2.05, 4.69) is 13.8 Å². The summed E-state index contributed by atoms with van der Waals surface area (Å²) in [5.41, 5.74) is 5.49. The van der Waals surface area contributed by atoms with Gasteiger partial charge in [0.15, 0.2) is 0 Å². The Kier molecular flexibility index (Phi) is 16.9. The van der Waals surface area contributed by atoms with Crippen LogP contribution in [0.3, 0.4) is 0 Å². The van der Waals surface area contributed by atoms with Gasteiger partial charge in [0.2, 0.25) is 0 Å². The monoisotopic (exact) mass is 550 g/mol. The van der Waals surface area contributed by atoms with E-state index in [0.717, 1.165) is 46.4 Å². The zero-order valence-corrected chi connectivity index (χ0v) is 27.3. The maximum absolute atomic E-state index is 12.7. The number of hydrogen-bond acceptors (Lipinski definition) is 4. The third kappa shape index (κ3) is 9.33. The van der Waals surface area contributed by atoms with Gasteiger partial charge in [-0.15, -0.1) is 0 Å². The normalized spacial score (nSPS) is 9.75. The van der Waals surface area contributed by atoms with Crippen LogP contribution in [0.5, 0.6) is 23.0 Å². The van der Waals surface area contributed by atoms with E-state index in [9.17, 15) is 10.2 Å². The Labute approximate surface area is 263 Å². The number of rotatable bonds is 10. The first-order chi connectivity index (χ1) is 19.1.